The van der Waals surface area contributed by atoms with Gasteiger partial charge < -0.3 is 10.4 Å². The van der Waals surface area contributed by atoms with E-state index in [-0.39, 0.29) is 17.7 Å². The van der Waals surface area contributed by atoms with E-state index in [1.807, 2.05) is 6.92 Å². The summed E-state index contributed by atoms with van der Waals surface area (Å²) in [5, 5.41) is 14.1. The van der Waals surface area contributed by atoms with Crippen molar-refractivity contribution in [2.24, 2.45) is 7.05 Å². The van der Waals surface area contributed by atoms with Crippen LogP contribution in [0.1, 0.15) is 28.9 Å². The number of rotatable bonds is 3. The summed E-state index contributed by atoms with van der Waals surface area (Å²) in [6.07, 6.45) is 3.24. The van der Waals surface area contributed by atoms with Gasteiger partial charge >= 0.3 is 0 Å². The van der Waals surface area contributed by atoms with Crippen molar-refractivity contribution in [3.05, 3.63) is 34.9 Å². The van der Waals surface area contributed by atoms with Gasteiger partial charge in [-0.15, -0.1) is 5.10 Å². The van der Waals surface area contributed by atoms with E-state index in [0.29, 0.717) is 5.69 Å². The SMILES string of the molecule is CC(=O)O.Cc1cnc(CNC(=O)c2nc(Cl)n(C)n2)cn1. The van der Waals surface area contributed by atoms with Crippen molar-refractivity contribution >= 4 is 23.5 Å². The average Bonchev–Trinajstić information content (AvgIpc) is 2.77. The van der Waals surface area contributed by atoms with E-state index in [9.17, 15) is 4.79 Å². The van der Waals surface area contributed by atoms with Gasteiger partial charge in [0.15, 0.2) is 0 Å². The van der Waals surface area contributed by atoms with Gasteiger partial charge in [0.25, 0.3) is 11.9 Å². The van der Waals surface area contributed by atoms with Crippen LogP contribution in [0.25, 0.3) is 0 Å². The molecule has 0 aromatic carbocycles. The maximum absolute atomic E-state index is 11.7. The second-order valence-corrected chi connectivity index (χ2v) is 4.52. The predicted molar refractivity (Wildman–Crippen MR) is 77.3 cm³/mol. The molecule has 2 rings (SSSR count). The maximum atomic E-state index is 11.7. The Kier molecular flexibility index (Phi) is 6.39. The van der Waals surface area contributed by atoms with Crippen LogP contribution in [0.4, 0.5) is 0 Å². The minimum absolute atomic E-state index is 0.0302. The molecule has 2 aromatic heterocycles. The van der Waals surface area contributed by atoms with Crippen LogP contribution in [0.15, 0.2) is 12.4 Å². The van der Waals surface area contributed by atoms with Crippen molar-refractivity contribution in [3.8, 4) is 0 Å². The molecule has 1 amide bonds. The molecule has 0 atom stereocenters. The van der Waals surface area contributed by atoms with Crippen LogP contribution < -0.4 is 5.32 Å². The lowest BCUT2D eigenvalue weighted by Crippen LogP contribution is -2.24. The van der Waals surface area contributed by atoms with E-state index in [1.165, 1.54) is 4.68 Å². The van der Waals surface area contributed by atoms with Crippen molar-refractivity contribution in [3.63, 3.8) is 0 Å². The zero-order valence-corrected chi connectivity index (χ0v) is 13.0. The number of carboxylic acids is 1. The van der Waals surface area contributed by atoms with Crippen molar-refractivity contribution < 1.29 is 14.7 Å². The smallest absolute Gasteiger partial charge is 0.300 e. The summed E-state index contributed by atoms with van der Waals surface area (Å²) < 4.78 is 1.32. The van der Waals surface area contributed by atoms with E-state index in [0.717, 1.165) is 12.6 Å². The molecule has 9 nitrogen and oxygen atoms in total. The Bertz CT molecular complexity index is 632. The van der Waals surface area contributed by atoms with Crippen LogP contribution in [0.5, 0.6) is 0 Å². The third kappa shape index (κ3) is 5.83. The molecule has 0 saturated heterocycles. The lowest BCUT2D eigenvalue weighted by atomic mass is 10.4. The molecular weight excluding hydrogens is 312 g/mol. The van der Waals surface area contributed by atoms with Crippen molar-refractivity contribution in [1.29, 1.82) is 0 Å². The standard InChI is InChI=1S/C10H11ClN6O.C2H4O2/c1-6-3-13-7(4-12-6)5-14-9(18)8-15-10(11)17(2)16-8;1-2(3)4/h3-4H,5H2,1-2H3,(H,14,18);1H3,(H,3,4). The highest BCUT2D eigenvalue weighted by molar-refractivity contribution is 6.28. The third-order valence-electron chi connectivity index (χ3n) is 2.18. The highest BCUT2D eigenvalue weighted by atomic mass is 35.5. The second-order valence-electron chi connectivity index (χ2n) is 4.18. The van der Waals surface area contributed by atoms with Crippen molar-refractivity contribution in [2.75, 3.05) is 0 Å². The number of hydrogen-bond acceptors (Lipinski definition) is 6. The van der Waals surface area contributed by atoms with Crippen LogP contribution in [-0.4, -0.2) is 41.7 Å². The first-order chi connectivity index (χ1) is 10.3. The first-order valence-corrected chi connectivity index (χ1v) is 6.49. The molecule has 0 aliphatic heterocycles. The highest BCUT2D eigenvalue weighted by Crippen LogP contribution is 2.03. The molecule has 22 heavy (non-hydrogen) atoms. The summed E-state index contributed by atoms with van der Waals surface area (Å²) in [4.78, 5) is 32.7. The maximum Gasteiger partial charge on any atom is 0.300 e. The van der Waals surface area contributed by atoms with Crippen LogP contribution in [0.3, 0.4) is 0 Å². The normalized spacial score (nSPS) is 9.64. The Morgan fingerprint density at radius 3 is 2.45 bits per heavy atom. The van der Waals surface area contributed by atoms with Gasteiger partial charge in [0.05, 0.1) is 24.1 Å². The second kappa shape index (κ2) is 8.03. The Morgan fingerprint density at radius 1 is 1.36 bits per heavy atom. The molecule has 0 saturated carbocycles. The highest BCUT2D eigenvalue weighted by Gasteiger charge is 2.13. The van der Waals surface area contributed by atoms with Gasteiger partial charge in [-0.2, -0.15) is 4.98 Å². The van der Waals surface area contributed by atoms with Gasteiger partial charge in [-0.1, -0.05) is 0 Å². The lowest BCUT2D eigenvalue weighted by molar-refractivity contribution is -0.134. The van der Waals surface area contributed by atoms with E-state index >= 15 is 0 Å². The summed E-state index contributed by atoms with van der Waals surface area (Å²) in [5.41, 5.74) is 1.49. The topological polar surface area (TPSA) is 123 Å². The molecule has 0 radical (unpaired) electrons. The van der Waals surface area contributed by atoms with Crippen molar-refractivity contribution in [2.45, 2.75) is 20.4 Å². The molecule has 2 heterocycles. The number of carbonyl (C=O) groups excluding carboxylic acids is 1. The number of carbonyl (C=O) groups is 2. The molecule has 10 heteroatoms. The van der Waals surface area contributed by atoms with Gasteiger partial charge in [-0.25, -0.2) is 4.68 Å². The van der Waals surface area contributed by atoms with Crippen LogP contribution >= 0.6 is 11.6 Å². The van der Waals surface area contributed by atoms with Crippen LogP contribution in [0.2, 0.25) is 5.28 Å². The van der Waals surface area contributed by atoms with Gasteiger partial charge in [-0.3, -0.25) is 19.6 Å². The van der Waals surface area contributed by atoms with Gasteiger partial charge in [0, 0.05) is 20.2 Å². The molecule has 0 unspecified atom stereocenters. The number of hydrogen-bond donors (Lipinski definition) is 2. The monoisotopic (exact) mass is 326 g/mol. The average molecular weight is 327 g/mol. The number of aliphatic carboxylic acids is 1. The number of amides is 1. The molecular formula is C12H15ClN6O3. The number of aromatic nitrogens is 5. The summed E-state index contributed by atoms with van der Waals surface area (Å²) in [5.74, 6) is -1.21. The Balaban J connectivity index is 0.000000541. The Morgan fingerprint density at radius 2 is 2.00 bits per heavy atom. The van der Waals surface area contributed by atoms with E-state index < -0.39 is 11.9 Å². The Labute approximate surface area is 131 Å². The fourth-order valence-electron chi connectivity index (χ4n) is 1.22. The van der Waals surface area contributed by atoms with E-state index in [2.05, 4.69) is 25.4 Å². The largest absolute Gasteiger partial charge is 0.481 e. The van der Waals surface area contributed by atoms with E-state index in [4.69, 9.17) is 21.5 Å². The number of carboxylic acid groups (broad SMARTS) is 1. The van der Waals surface area contributed by atoms with Gasteiger partial charge in [0.1, 0.15) is 0 Å². The lowest BCUT2D eigenvalue weighted by Gasteiger charge is -2.01. The fourth-order valence-corrected chi connectivity index (χ4v) is 1.34. The molecule has 0 bridgehead atoms. The minimum atomic E-state index is -0.833. The molecule has 0 fully saturated rings. The number of aryl methyl sites for hydroxylation is 2. The molecule has 118 valence electrons. The zero-order valence-electron chi connectivity index (χ0n) is 12.2. The van der Waals surface area contributed by atoms with Gasteiger partial charge in [-0.05, 0) is 18.5 Å². The van der Waals surface area contributed by atoms with Crippen LogP contribution in [0, 0.1) is 6.92 Å². The number of halogens is 1. The number of nitrogens with one attached hydrogen (secondary N) is 1. The Hall–Kier alpha value is -2.55. The summed E-state index contributed by atoms with van der Waals surface area (Å²) >= 11 is 5.70. The number of nitrogens with zero attached hydrogens (tertiary/aromatic N) is 5. The molecule has 0 spiro atoms. The quantitative estimate of drug-likeness (QED) is 0.845. The van der Waals surface area contributed by atoms with Gasteiger partial charge in [0.2, 0.25) is 11.1 Å². The minimum Gasteiger partial charge on any atom is -0.481 e. The summed E-state index contributed by atoms with van der Waals surface area (Å²) in [6, 6.07) is 0. The fraction of sp³-hybridized carbons (Fsp3) is 0.333. The zero-order chi connectivity index (χ0) is 16.7. The third-order valence-corrected chi connectivity index (χ3v) is 2.51. The van der Waals surface area contributed by atoms with E-state index in [1.54, 1.807) is 19.4 Å². The van der Waals surface area contributed by atoms with Crippen molar-refractivity contribution in [1.82, 2.24) is 30.0 Å². The first-order valence-electron chi connectivity index (χ1n) is 6.11. The molecule has 2 N–H and O–H groups in total. The first kappa shape index (κ1) is 17.5. The molecule has 2 aromatic rings. The van der Waals surface area contributed by atoms with Crippen LogP contribution in [-0.2, 0) is 18.4 Å². The molecule has 0 aliphatic carbocycles. The summed E-state index contributed by atoms with van der Waals surface area (Å²) in [7, 11) is 1.61. The summed E-state index contributed by atoms with van der Waals surface area (Å²) in [6.45, 7) is 3.19. The predicted octanol–water partition coefficient (Wildman–Crippen LogP) is 0.588. The molecule has 0 aliphatic rings.